The van der Waals surface area contributed by atoms with E-state index in [2.05, 4.69) is 5.10 Å². The fourth-order valence-electron chi connectivity index (χ4n) is 3.66. The van der Waals surface area contributed by atoms with Crippen LogP contribution in [-0.2, 0) is 12.5 Å². The van der Waals surface area contributed by atoms with E-state index in [-0.39, 0.29) is 24.6 Å². The molecule has 6 heteroatoms. The van der Waals surface area contributed by atoms with Gasteiger partial charge in [0.05, 0.1) is 12.0 Å². The van der Waals surface area contributed by atoms with Gasteiger partial charge in [0, 0.05) is 19.5 Å². The molecule has 0 amide bonds. The number of hydrogen-bond donors (Lipinski definition) is 0. The number of fused-ring (bicyclic) bond motifs is 1. The fourth-order valence-corrected chi connectivity index (χ4v) is 3.66. The second kappa shape index (κ2) is 3.52. The Kier molecular flexibility index (Phi) is 2.40. The molecule has 3 aliphatic rings. The zero-order valence-corrected chi connectivity index (χ0v) is 10.9. The smallest absolute Gasteiger partial charge is 0.271 e. The third kappa shape index (κ3) is 1.79. The molecule has 3 fully saturated rings. The molecule has 1 aromatic rings. The Morgan fingerprint density at radius 3 is 2.42 bits per heavy atom. The minimum atomic E-state index is -3.03. The molecule has 19 heavy (non-hydrogen) atoms. The van der Waals surface area contributed by atoms with Gasteiger partial charge in [-0.1, -0.05) is 0 Å². The number of hydrogen-bond acceptors (Lipinski definition) is 1. The summed E-state index contributed by atoms with van der Waals surface area (Å²) in [6.07, 6.45) is 2.35. The predicted octanol–water partition coefficient (Wildman–Crippen LogP) is 3.74. The third-order valence-corrected chi connectivity index (χ3v) is 4.50. The first-order chi connectivity index (χ1) is 8.63. The maximum Gasteiger partial charge on any atom is 0.289 e. The van der Waals surface area contributed by atoms with Crippen molar-refractivity contribution >= 4 is 0 Å². The van der Waals surface area contributed by atoms with Crippen LogP contribution in [0.1, 0.15) is 37.4 Å². The number of aromatic nitrogens is 2. The van der Waals surface area contributed by atoms with Crippen LogP contribution in [0.2, 0.25) is 0 Å². The zero-order chi connectivity index (χ0) is 14.1. The number of nitrogens with zero attached hydrogens (tertiary/aromatic N) is 2. The van der Waals surface area contributed by atoms with Crippen LogP contribution in [0.3, 0.4) is 0 Å². The van der Waals surface area contributed by atoms with Crippen molar-refractivity contribution in [3.8, 4) is 0 Å². The molecule has 3 saturated carbocycles. The van der Waals surface area contributed by atoms with Crippen molar-refractivity contribution in [1.29, 1.82) is 0 Å². The van der Waals surface area contributed by atoms with E-state index in [0.717, 1.165) is 6.92 Å². The third-order valence-electron chi connectivity index (χ3n) is 4.50. The van der Waals surface area contributed by atoms with Crippen LogP contribution < -0.4 is 0 Å². The summed E-state index contributed by atoms with van der Waals surface area (Å²) >= 11 is 0. The van der Waals surface area contributed by atoms with Gasteiger partial charge in [0.2, 0.25) is 0 Å². The summed E-state index contributed by atoms with van der Waals surface area (Å²) in [7, 11) is 0. The molecular formula is C13H16F4N2. The van der Waals surface area contributed by atoms with Gasteiger partial charge >= 0.3 is 0 Å². The van der Waals surface area contributed by atoms with Crippen molar-refractivity contribution in [3.63, 3.8) is 0 Å². The molecule has 0 unspecified atom stereocenters. The van der Waals surface area contributed by atoms with Crippen LogP contribution in [0.5, 0.6) is 0 Å². The van der Waals surface area contributed by atoms with Crippen molar-refractivity contribution in [2.75, 3.05) is 0 Å². The highest BCUT2D eigenvalue weighted by Gasteiger charge is 2.68. The number of halogens is 4. The van der Waals surface area contributed by atoms with E-state index in [1.54, 1.807) is 0 Å². The van der Waals surface area contributed by atoms with Gasteiger partial charge in [-0.2, -0.15) is 13.9 Å². The van der Waals surface area contributed by atoms with Crippen LogP contribution in [-0.4, -0.2) is 15.7 Å². The summed E-state index contributed by atoms with van der Waals surface area (Å²) < 4.78 is 55.6. The SMILES string of the molecule is Cc1cn(CC23CC(CC2(F)F)C3)nc1C(C)(F)F. The number of alkyl halides is 4. The molecule has 0 atom stereocenters. The molecule has 0 N–H and O–H groups in total. The molecule has 3 aliphatic carbocycles. The van der Waals surface area contributed by atoms with Crippen LogP contribution in [0.25, 0.3) is 0 Å². The average molecular weight is 276 g/mol. The molecule has 0 saturated heterocycles. The fraction of sp³-hybridized carbons (Fsp3) is 0.769. The predicted molar refractivity (Wildman–Crippen MR) is 61.3 cm³/mol. The van der Waals surface area contributed by atoms with E-state index in [0.29, 0.717) is 18.4 Å². The average Bonchev–Trinajstić information content (AvgIpc) is 2.72. The van der Waals surface area contributed by atoms with Crippen molar-refractivity contribution < 1.29 is 17.6 Å². The van der Waals surface area contributed by atoms with Gasteiger partial charge in [0.25, 0.3) is 11.8 Å². The highest BCUT2D eigenvalue weighted by atomic mass is 19.3. The first-order valence-electron chi connectivity index (χ1n) is 6.43. The standard InChI is InChI=1S/C13H16F4N2/c1-8-6-19(18-10(8)11(2,14)15)7-12-3-9(4-12)5-13(12,16)17/h6,9H,3-5,7H2,1-2H3. The molecule has 106 valence electrons. The Morgan fingerprint density at radius 2 is 2.00 bits per heavy atom. The summed E-state index contributed by atoms with van der Waals surface area (Å²) in [4.78, 5) is 0. The molecular weight excluding hydrogens is 260 g/mol. The molecule has 2 nitrogen and oxygen atoms in total. The van der Waals surface area contributed by atoms with E-state index in [1.807, 2.05) is 0 Å². The van der Waals surface area contributed by atoms with Gasteiger partial charge in [-0.25, -0.2) is 8.78 Å². The van der Waals surface area contributed by atoms with Crippen LogP contribution >= 0.6 is 0 Å². The minimum absolute atomic E-state index is 0.0351. The summed E-state index contributed by atoms with van der Waals surface area (Å²) in [6.45, 7) is 2.34. The van der Waals surface area contributed by atoms with E-state index in [1.165, 1.54) is 17.8 Å². The lowest BCUT2D eigenvalue weighted by atomic mass is 9.68. The van der Waals surface area contributed by atoms with Crippen molar-refractivity contribution in [2.24, 2.45) is 11.3 Å². The van der Waals surface area contributed by atoms with Gasteiger partial charge in [0.15, 0.2) is 0 Å². The highest BCUT2D eigenvalue weighted by Crippen LogP contribution is 2.67. The summed E-state index contributed by atoms with van der Waals surface area (Å²) in [5.41, 5.74) is -1.03. The normalized spacial score (nSPS) is 32.4. The van der Waals surface area contributed by atoms with Crippen LogP contribution in [0.4, 0.5) is 17.6 Å². The largest absolute Gasteiger partial charge is 0.289 e. The quantitative estimate of drug-likeness (QED) is 0.769. The van der Waals surface area contributed by atoms with Gasteiger partial charge in [0.1, 0.15) is 5.69 Å². The first-order valence-corrected chi connectivity index (χ1v) is 6.43. The lowest BCUT2D eigenvalue weighted by Crippen LogP contribution is -2.42. The number of aryl methyl sites for hydroxylation is 1. The summed E-state index contributed by atoms with van der Waals surface area (Å²) in [6, 6.07) is 0. The van der Waals surface area contributed by atoms with E-state index < -0.39 is 17.3 Å². The Hall–Kier alpha value is -1.07. The molecule has 4 rings (SSSR count). The lowest BCUT2D eigenvalue weighted by molar-refractivity contribution is -0.111. The first kappa shape index (κ1) is 12.9. The molecule has 2 bridgehead atoms. The maximum atomic E-state index is 13.9. The Balaban J connectivity index is 1.86. The van der Waals surface area contributed by atoms with Crippen molar-refractivity contribution in [1.82, 2.24) is 9.78 Å². The van der Waals surface area contributed by atoms with Gasteiger partial charge in [-0.15, -0.1) is 0 Å². The van der Waals surface area contributed by atoms with E-state index in [4.69, 9.17) is 0 Å². The van der Waals surface area contributed by atoms with Crippen LogP contribution in [0, 0.1) is 18.3 Å². The Morgan fingerprint density at radius 1 is 1.37 bits per heavy atom. The van der Waals surface area contributed by atoms with Gasteiger partial charge in [-0.3, -0.25) is 4.68 Å². The second-order valence-electron chi connectivity index (χ2n) is 6.21. The topological polar surface area (TPSA) is 17.8 Å². The zero-order valence-electron chi connectivity index (χ0n) is 10.9. The maximum absolute atomic E-state index is 13.9. The molecule has 0 aromatic carbocycles. The summed E-state index contributed by atoms with van der Waals surface area (Å²) in [5, 5.41) is 3.81. The molecule has 1 aromatic heterocycles. The Labute approximate surface area is 108 Å². The molecule has 0 radical (unpaired) electrons. The van der Waals surface area contributed by atoms with E-state index >= 15 is 0 Å². The Bertz CT molecular complexity index is 509. The highest BCUT2D eigenvalue weighted by molar-refractivity contribution is 5.20. The minimum Gasteiger partial charge on any atom is -0.271 e. The molecule has 0 aliphatic heterocycles. The van der Waals surface area contributed by atoms with Crippen molar-refractivity contribution in [2.45, 2.75) is 51.5 Å². The van der Waals surface area contributed by atoms with Crippen LogP contribution in [0.15, 0.2) is 6.20 Å². The van der Waals surface area contributed by atoms with Gasteiger partial charge in [-0.05, 0) is 31.2 Å². The second-order valence-corrected chi connectivity index (χ2v) is 6.21. The number of rotatable bonds is 3. The molecule has 1 heterocycles. The lowest BCUT2D eigenvalue weighted by Gasteiger charge is -2.40. The van der Waals surface area contributed by atoms with E-state index in [9.17, 15) is 17.6 Å². The van der Waals surface area contributed by atoms with Crippen molar-refractivity contribution in [3.05, 3.63) is 17.5 Å². The molecule has 0 spiro atoms. The van der Waals surface area contributed by atoms with Gasteiger partial charge < -0.3 is 0 Å². The summed E-state index contributed by atoms with van der Waals surface area (Å²) in [5.74, 6) is -5.63. The monoisotopic (exact) mass is 276 g/mol.